The fourth-order valence-electron chi connectivity index (χ4n) is 1.12. The maximum absolute atomic E-state index is 13.1. The third-order valence-corrected chi connectivity index (χ3v) is 2.52. The van der Waals surface area contributed by atoms with Crippen molar-refractivity contribution in [2.24, 2.45) is 0 Å². The number of hydrogen-bond donors (Lipinski definition) is 1. The Morgan fingerprint density at radius 3 is 2.53 bits per heavy atom. The number of anilines is 1. The molecule has 0 spiro atoms. The normalized spacial score (nSPS) is 11.6. The molecule has 0 aromatic heterocycles. The third kappa shape index (κ3) is 4.80. The van der Waals surface area contributed by atoms with Crippen LogP contribution in [0.3, 0.4) is 0 Å². The van der Waals surface area contributed by atoms with E-state index in [1.54, 1.807) is 0 Å². The lowest BCUT2D eigenvalue weighted by atomic mass is 10.3. The second kappa shape index (κ2) is 5.57. The first-order valence-electron chi connectivity index (χ1n) is 4.73. The number of alkyl halides is 3. The van der Waals surface area contributed by atoms with Crippen LogP contribution in [0.4, 0.5) is 23.2 Å². The number of halogens is 5. The summed E-state index contributed by atoms with van der Waals surface area (Å²) in [4.78, 5) is 0. The van der Waals surface area contributed by atoms with E-state index in [1.807, 2.05) is 0 Å². The summed E-state index contributed by atoms with van der Waals surface area (Å²) < 4.78 is 53.7. The van der Waals surface area contributed by atoms with Crippen LogP contribution in [0.25, 0.3) is 0 Å². The van der Waals surface area contributed by atoms with Crippen LogP contribution in [0.1, 0.15) is 12.8 Å². The highest BCUT2D eigenvalue weighted by molar-refractivity contribution is 9.10. The zero-order valence-electron chi connectivity index (χ0n) is 8.65. The maximum Gasteiger partial charge on any atom is 0.389 e. The van der Waals surface area contributed by atoms with E-state index in [2.05, 4.69) is 15.9 Å². The van der Waals surface area contributed by atoms with Gasteiger partial charge >= 0.3 is 6.18 Å². The molecule has 0 amide bonds. The van der Waals surface area contributed by atoms with E-state index in [0.717, 1.165) is 6.07 Å². The summed E-state index contributed by atoms with van der Waals surface area (Å²) in [6, 6.07) is 2.33. The Labute approximate surface area is 104 Å². The molecule has 0 atom stereocenters. The van der Waals surface area contributed by atoms with Gasteiger partial charge in [-0.15, -0.1) is 0 Å². The van der Waals surface area contributed by atoms with Crippen molar-refractivity contribution < 1.29 is 22.3 Å². The van der Waals surface area contributed by atoms with Gasteiger partial charge in [-0.25, -0.2) is 4.39 Å². The van der Waals surface area contributed by atoms with Crippen molar-refractivity contribution in [3.8, 4) is 5.75 Å². The summed E-state index contributed by atoms with van der Waals surface area (Å²) in [5, 5.41) is 0. The van der Waals surface area contributed by atoms with Gasteiger partial charge in [0.2, 0.25) is 0 Å². The van der Waals surface area contributed by atoms with Gasteiger partial charge in [0.25, 0.3) is 0 Å². The molecule has 1 aromatic carbocycles. The Hall–Kier alpha value is -0.980. The molecule has 0 aliphatic heterocycles. The van der Waals surface area contributed by atoms with Crippen LogP contribution in [-0.4, -0.2) is 12.8 Å². The summed E-state index contributed by atoms with van der Waals surface area (Å²) in [7, 11) is 0. The van der Waals surface area contributed by atoms with E-state index < -0.39 is 18.4 Å². The number of rotatable bonds is 4. The lowest BCUT2D eigenvalue weighted by Crippen LogP contribution is -2.10. The molecule has 2 N–H and O–H groups in total. The van der Waals surface area contributed by atoms with Crippen molar-refractivity contribution in [3.63, 3.8) is 0 Å². The quantitative estimate of drug-likeness (QED) is 0.519. The standard InChI is InChI=1S/C10H10BrF4NO/c11-6-4-8(16)9(5-7(6)12)17-3-1-2-10(13,14)15/h4-5H,1-3,16H2. The largest absolute Gasteiger partial charge is 0.491 e. The van der Waals surface area contributed by atoms with Crippen molar-refractivity contribution in [2.45, 2.75) is 19.0 Å². The number of ether oxygens (including phenoxy) is 1. The molecule has 7 heteroatoms. The molecule has 0 saturated carbocycles. The Morgan fingerprint density at radius 1 is 1.29 bits per heavy atom. The van der Waals surface area contributed by atoms with E-state index in [4.69, 9.17) is 10.5 Å². The Morgan fingerprint density at radius 2 is 1.94 bits per heavy atom. The van der Waals surface area contributed by atoms with E-state index in [1.165, 1.54) is 6.07 Å². The molecule has 0 saturated heterocycles. The number of nitrogen functional groups attached to an aromatic ring is 1. The highest BCUT2D eigenvalue weighted by Gasteiger charge is 2.26. The summed E-state index contributed by atoms with van der Waals surface area (Å²) in [6.07, 6.45) is -5.34. The Bertz CT molecular complexity index is 395. The summed E-state index contributed by atoms with van der Waals surface area (Å²) in [5.74, 6) is -0.530. The fraction of sp³-hybridized carbons (Fsp3) is 0.400. The van der Waals surface area contributed by atoms with Gasteiger partial charge in [-0.3, -0.25) is 0 Å². The minimum absolute atomic E-state index is 0.0490. The molecular formula is C10H10BrF4NO. The number of hydrogen-bond acceptors (Lipinski definition) is 2. The average Bonchev–Trinajstić information content (AvgIpc) is 2.18. The molecular weight excluding hydrogens is 306 g/mol. The van der Waals surface area contributed by atoms with Crippen LogP contribution in [-0.2, 0) is 0 Å². The van der Waals surface area contributed by atoms with Crippen molar-refractivity contribution in [3.05, 3.63) is 22.4 Å². The van der Waals surface area contributed by atoms with Crippen LogP contribution in [0, 0.1) is 5.82 Å². The van der Waals surface area contributed by atoms with Gasteiger partial charge in [-0.2, -0.15) is 13.2 Å². The SMILES string of the molecule is Nc1cc(Br)c(F)cc1OCCCC(F)(F)F. The second-order valence-corrected chi connectivity index (χ2v) is 4.23. The van der Waals surface area contributed by atoms with Gasteiger partial charge < -0.3 is 10.5 Å². The minimum atomic E-state index is -4.21. The third-order valence-electron chi connectivity index (χ3n) is 1.91. The first kappa shape index (κ1) is 14.1. The molecule has 0 aliphatic carbocycles. The molecule has 17 heavy (non-hydrogen) atoms. The van der Waals surface area contributed by atoms with Gasteiger partial charge in [-0.1, -0.05) is 0 Å². The molecule has 96 valence electrons. The zero-order valence-corrected chi connectivity index (χ0v) is 10.2. The molecule has 2 nitrogen and oxygen atoms in total. The van der Waals surface area contributed by atoms with Crippen LogP contribution in [0.5, 0.6) is 5.75 Å². The Balaban J connectivity index is 2.50. The first-order valence-corrected chi connectivity index (χ1v) is 5.53. The fourth-order valence-corrected chi connectivity index (χ4v) is 1.48. The van der Waals surface area contributed by atoms with Gasteiger partial charge in [0.05, 0.1) is 16.8 Å². The summed E-state index contributed by atoms with van der Waals surface area (Å²) in [5.41, 5.74) is 5.69. The van der Waals surface area contributed by atoms with E-state index in [0.29, 0.717) is 0 Å². The monoisotopic (exact) mass is 315 g/mol. The number of benzene rings is 1. The summed E-state index contributed by atoms with van der Waals surface area (Å²) >= 11 is 2.93. The van der Waals surface area contributed by atoms with Crippen LogP contribution < -0.4 is 10.5 Å². The smallest absolute Gasteiger partial charge is 0.389 e. The molecule has 0 heterocycles. The van der Waals surface area contributed by atoms with E-state index in [-0.39, 0.29) is 28.9 Å². The molecule has 0 bridgehead atoms. The second-order valence-electron chi connectivity index (χ2n) is 3.37. The van der Waals surface area contributed by atoms with E-state index >= 15 is 0 Å². The maximum atomic E-state index is 13.1. The lowest BCUT2D eigenvalue weighted by Gasteiger charge is -2.10. The van der Waals surface area contributed by atoms with Crippen LogP contribution in [0.15, 0.2) is 16.6 Å². The zero-order chi connectivity index (χ0) is 13.1. The van der Waals surface area contributed by atoms with Crippen molar-refractivity contribution >= 4 is 21.6 Å². The van der Waals surface area contributed by atoms with Gasteiger partial charge in [0.15, 0.2) is 0 Å². The minimum Gasteiger partial charge on any atom is -0.491 e. The summed E-state index contributed by atoms with van der Waals surface area (Å²) in [6.45, 7) is -0.162. The molecule has 1 aromatic rings. The average molecular weight is 316 g/mol. The predicted molar refractivity (Wildman–Crippen MR) is 59.3 cm³/mol. The molecule has 0 radical (unpaired) electrons. The van der Waals surface area contributed by atoms with Crippen LogP contribution in [0.2, 0.25) is 0 Å². The first-order chi connectivity index (χ1) is 7.79. The molecule has 1 rings (SSSR count). The highest BCUT2D eigenvalue weighted by Crippen LogP contribution is 2.29. The van der Waals surface area contributed by atoms with Gasteiger partial charge in [0.1, 0.15) is 11.6 Å². The van der Waals surface area contributed by atoms with Gasteiger partial charge in [0, 0.05) is 12.5 Å². The predicted octanol–water partition coefficient (Wildman–Crippen LogP) is 3.89. The van der Waals surface area contributed by atoms with Crippen molar-refractivity contribution in [1.29, 1.82) is 0 Å². The topological polar surface area (TPSA) is 35.2 Å². The molecule has 0 aliphatic rings. The highest BCUT2D eigenvalue weighted by atomic mass is 79.9. The van der Waals surface area contributed by atoms with Crippen LogP contribution >= 0.6 is 15.9 Å². The van der Waals surface area contributed by atoms with Crippen molar-refractivity contribution in [1.82, 2.24) is 0 Å². The van der Waals surface area contributed by atoms with Crippen molar-refractivity contribution in [2.75, 3.05) is 12.3 Å². The molecule has 0 fully saturated rings. The Kier molecular flexibility index (Phi) is 4.62. The lowest BCUT2D eigenvalue weighted by molar-refractivity contribution is -0.136. The van der Waals surface area contributed by atoms with Gasteiger partial charge in [-0.05, 0) is 28.4 Å². The number of nitrogens with two attached hydrogens (primary N) is 1. The van der Waals surface area contributed by atoms with E-state index in [9.17, 15) is 17.6 Å². The molecule has 0 unspecified atom stereocenters.